The molecule has 0 aliphatic rings. The second kappa shape index (κ2) is 7.86. The van der Waals surface area contributed by atoms with Gasteiger partial charge in [-0.15, -0.1) is 0 Å². The number of aromatic amines is 2. The molecule has 4 aromatic rings. The number of H-pyrrole nitrogens is 2. The van der Waals surface area contributed by atoms with E-state index in [1.54, 1.807) is 12.1 Å². The van der Waals surface area contributed by atoms with Crippen LogP contribution in [-0.4, -0.2) is 19.9 Å². The van der Waals surface area contributed by atoms with Gasteiger partial charge >= 0.3 is 0 Å². The maximum absolute atomic E-state index is 11.8. The zero-order valence-electron chi connectivity index (χ0n) is 18.3. The maximum atomic E-state index is 11.8. The molecule has 0 bridgehead atoms. The van der Waals surface area contributed by atoms with Gasteiger partial charge in [-0.1, -0.05) is 65.8 Å². The highest BCUT2D eigenvalue weighted by molar-refractivity contribution is 5.77. The van der Waals surface area contributed by atoms with Gasteiger partial charge in [0.15, 0.2) is 0 Å². The van der Waals surface area contributed by atoms with E-state index in [-0.39, 0.29) is 21.9 Å². The molecule has 0 saturated carbocycles. The fourth-order valence-corrected chi connectivity index (χ4v) is 2.88. The molecule has 6 heteroatoms. The van der Waals surface area contributed by atoms with Crippen LogP contribution in [0.25, 0.3) is 21.8 Å². The molecule has 0 fully saturated rings. The van der Waals surface area contributed by atoms with E-state index in [9.17, 15) is 9.59 Å². The summed E-state index contributed by atoms with van der Waals surface area (Å²) in [5, 5.41) is 1.29. The summed E-state index contributed by atoms with van der Waals surface area (Å²) in [5.41, 5.74) is 1.11. The fraction of sp³-hybridized carbons (Fsp3) is 0.333. The number of benzene rings is 2. The van der Waals surface area contributed by atoms with Crippen LogP contribution in [0.5, 0.6) is 0 Å². The summed E-state index contributed by atoms with van der Waals surface area (Å²) < 4.78 is 0. The van der Waals surface area contributed by atoms with Gasteiger partial charge in [-0.25, -0.2) is 9.97 Å². The first kappa shape index (κ1) is 21.4. The van der Waals surface area contributed by atoms with Crippen molar-refractivity contribution in [2.24, 2.45) is 0 Å². The van der Waals surface area contributed by atoms with Gasteiger partial charge in [0.1, 0.15) is 11.6 Å². The molecule has 0 spiro atoms. The summed E-state index contributed by atoms with van der Waals surface area (Å²) in [6.07, 6.45) is 0. The molecule has 2 aromatic carbocycles. The molecule has 4 rings (SSSR count). The Kier molecular flexibility index (Phi) is 5.61. The largest absolute Gasteiger partial charge is 0.310 e. The van der Waals surface area contributed by atoms with E-state index in [0.717, 1.165) is 22.7 Å². The van der Waals surface area contributed by atoms with Crippen molar-refractivity contribution >= 4 is 21.8 Å². The summed E-state index contributed by atoms with van der Waals surface area (Å²) >= 11 is 0. The van der Waals surface area contributed by atoms with Crippen LogP contribution >= 0.6 is 0 Å². The molecule has 0 aliphatic carbocycles. The lowest BCUT2D eigenvalue weighted by Crippen LogP contribution is -2.21. The number of hydrogen-bond acceptors (Lipinski definition) is 4. The highest BCUT2D eigenvalue weighted by Gasteiger charge is 2.18. The molecular weight excluding hydrogens is 376 g/mol. The van der Waals surface area contributed by atoms with Gasteiger partial charge < -0.3 is 9.97 Å². The van der Waals surface area contributed by atoms with Gasteiger partial charge in [0.2, 0.25) is 0 Å². The molecule has 0 amide bonds. The predicted octanol–water partition coefficient (Wildman–Crippen LogP) is 4.44. The zero-order valence-corrected chi connectivity index (χ0v) is 18.3. The van der Waals surface area contributed by atoms with Crippen LogP contribution in [-0.2, 0) is 10.8 Å². The average Bonchev–Trinajstić information content (AvgIpc) is 2.67. The molecule has 0 aliphatic heterocycles. The highest BCUT2D eigenvalue weighted by atomic mass is 16.1. The van der Waals surface area contributed by atoms with Crippen molar-refractivity contribution in [2.75, 3.05) is 0 Å². The first-order valence-electron chi connectivity index (χ1n) is 9.96. The minimum Gasteiger partial charge on any atom is -0.310 e. The normalized spacial score (nSPS) is 11.9. The van der Waals surface area contributed by atoms with E-state index >= 15 is 0 Å². The molecule has 0 unspecified atom stereocenters. The second-order valence-electron chi connectivity index (χ2n) is 9.36. The molecule has 6 nitrogen and oxygen atoms in total. The summed E-state index contributed by atoms with van der Waals surface area (Å²) in [6.45, 7) is 12.2. The predicted molar refractivity (Wildman–Crippen MR) is 122 cm³/mol. The monoisotopic (exact) mass is 404 g/mol. The third-order valence-corrected chi connectivity index (χ3v) is 4.65. The van der Waals surface area contributed by atoms with E-state index in [1.807, 2.05) is 77.9 Å². The molecule has 0 radical (unpaired) electrons. The molecule has 2 aromatic heterocycles. The van der Waals surface area contributed by atoms with Crippen molar-refractivity contribution in [1.82, 2.24) is 19.9 Å². The molecule has 2 heterocycles. The molecule has 156 valence electrons. The number of aromatic nitrogens is 4. The quantitative estimate of drug-likeness (QED) is 0.453. The lowest BCUT2D eigenvalue weighted by atomic mass is 9.95. The van der Waals surface area contributed by atoms with E-state index < -0.39 is 0 Å². The van der Waals surface area contributed by atoms with Crippen molar-refractivity contribution in [3.63, 3.8) is 0 Å². The molecular formula is C24H28N4O2. The first-order valence-corrected chi connectivity index (χ1v) is 9.96. The van der Waals surface area contributed by atoms with Crippen molar-refractivity contribution < 1.29 is 0 Å². The SMILES string of the molecule is CC(C)(C)c1nc2ccccc2c(=O)[nH]1.CC(C)(C)c1nc2ccccc2c(=O)[nH]1. The van der Waals surface area contributed by atoms with E-state index in [0.29, 0.717) is 10.8 Å². The van der Waals surface area contributed by atoms with Gasteiger partial charge in [0.05, 0.1) is 21.8 Å². The molecule has 0 saturated heterocycles. The van der Waals surface area contributed by atoms with Gasteiger partial charge in [-0.3, -0.25) is 9.59 Å². The van der Waals surface area contributed by atoms with Gasteiger partial charge in [-0.05, 0) is 24.3 Å². The van der Waals surface area contributed by atoms with Crippen LogP contribution in [0.15, 0.2) is 58.1 Å². The Balaban J connectivity index is 0.000000171. The van der Waals surface area contributed by atoms with Crippen molar-refractivity contribution in [1.29, 1.82) is 0 Å². The van der Waals surface area contributed by atoms with Crippen LogP contribution in [0.4, 0.5) is 0 Å². The Morgan fingerprint density at radius 2 is 0.933 bits per heavy atom. The molecule has 0 atom stereocenters. The molecule has 2 N–H and O–H groups in total. The Labute approximate surface area is 175 Å². The summed E-state index contributed by atoms with van der Waals surface area (Å²) in [4.78, 5) is 38.1. The van der Waals surface area contributed by atoms with Crippen LogP contribution in [0.2, 0.25) is 0 Å². The Bertz CT molecular complexity index is 1200. The van der Waals surface area contributed by atoms with Crippen molar-refractivity contribution in [3.8, 4) is 0 Å². The number of fused-ring (bicyclic) bond motifs is 2. The van der Waals surface area contributed by atoms with E-state index in [2.05, 4.69) is 19.9 Å². The average molecular weight is 405 g/mol. The standard InChI is InChI=1S/2C12H14N2O/c2*1-12(2,3)11-13-9-7-5-4-6-8(9)10(15)14-11/h2*4-7H,1-3H3,(H,13,14,15). The van der Waals surface area contributed by atoms with Crippen LogP contribution < -0.4 is 11.1 Å². The topological polar surface area (TPSA) is 91.5 Å². The first-order chi connectivity index (χ1) is 14.0. The van der Waals surface area contributed by atoms with Crippen LogP contribution in [0, 0.1) is 0 Å². The van der Waals surface area contributed by atoms with Gasteiger partial charge in [0.25, 0.3) is 11.1 Å². The number of rotatable bonds is 0. The zero-order chi connectivity index (χ0) is 22.1. The Hall–Kier alpha value is -3.28. The van der Waals surface area contributed by atoms with Crippen LogP contribution in [0.1, 0.15) is 53.2 Å². The maximum Gasteiger partial charge on any atom is 0.258 e. The summed E-state index contributed by atoms with van der Waals surface area (Å²) in [7, 11) is 0. The minimum atomic E-state index is -0.136. The Morgan fingerprint density at radius 1 is 0.600 bits per heavy atom. The Morgan fingerprint density at radius 3 is 1.27 bits per heavy atom. The lowest BCUT2D eigenvalue weighted by Gasteiger charge is -2.17. The van der Waals surface area contributed by atoms with Crippen molar-refractivity contribution in [3.05, 3.63) is 80.9 Å². The van der Waals surface area contributed by atoms with E-state index in [1.165, 1.54) is 0 Å². The number of nitrogens with one attached hydrogen (secondary N) is 2. The third kappa shape index (κ3) is 4.64. The molecule has 30 heavy (non-hydrogen) atoms. The lowest BCUT2D eigenvalue weighted by molar-refractivity contribution is 0.546. The third-order valence-electron chi connectivity index (χ3n) is 4.65. The minimum absolute atomic E-state index is 0.0643. The van der Waals surface area contributed by atoms with E-state index in [4.69, 9.17) is 0 Å². The van der Waals surface area contributed by atoms with Crippen molar-refractivity contribution in [2.45, 2.75) is 52.4 Å². The number of nitrogens with zero attached hydrogens (tertiary/aromatic N) is 2. The van der Waals surface area contributed by atoms with Crippen LogP contribution in [0.3, 0.4) is 0 Å². The fourth-order valence-electron chi connectivity index (χ4n) is 2.88. The second-order valence-corrected chi connectivity index (χ2v) is 9.36. The smallest absolute Gasteiger partial charge is 0.258 e. The number of para-hydroxylation sites is 2. The summed E-state index contributed by atoms with van der Waals surface area (Å²) in [6, 6.07) is 14.8. The van der Waals surface area contributed by atoms with Gasteiger partial charge in [-0.2, -0.15) is 0 Å². The summed E-state index contributed by atoms with van der Waals surface area (Å²) in [5.74, 6) is 1.46. The number of hydrogen-bond donors (Lipinski definition) is 2. The highest BCUT2D eigenvalue weighted by Crippen LogP contribution is 2.19. The van der Waals surface area contributed by atoms with Gasteiger partial charge in [0, 0.05) is 10.8 Å².